The highest BCUT2D eigenvalue weighted by Gasteiger charge is 2.14. The number of ether oxygens (including phenoxy) is 1. The topological polar surface area (TPSA) is 77.0 Å². The van der Waals surface area contributed by atoms with Crippen LogP contribution in [0.4, 0.5) is 5.69 Å². The molecule has 0 aliphatic carbocycles. The minimum Gasteiger partial charge on any atom is -0.462 e. The van der Waals surface area contributed by atoms with E-state index in [1.807, 2.05) is 30.3 Å². The van der Waals surface area contributed by atoms with Crippen molar-refractivity contribution in [1.29, 1.82) is 0 Å². The van der Waals surface area contributed by atoms with E-state index >= 15 is 0 Å². The predicted molar refractivity (Wildman–Crippen MR) is 78.3 cm³/mol. The Morgan fingerprint density at radius 3 is 2.57 bits per heavy atom. The molecular weight excluding hydrogens is 266 g/mol. The highest BCUT2D eigenvalue weighted by molar-refractivity contribution is 5.89. The molecule has 0 amide bonds. The molecular formula is C16H15N3O2. The predicted octanol–water partition coefficient (Wildman–Crippen LogP) is 1.40. The molecule has 0 bridgehead atoms. The van der Waals surface area contributed by atoms with Gasteiger partial charge in [-0.2, -0.15) is 0 Å². The molecule has 1 aliphatic heterocycles. The Morgan fingerprint density at radius 1 is 1.14 bits per heavy atom. The molecule has 2 aromatic rings. The van der Waals surface area contributed by atoms with Crippen LogP contribution in [-0.2, 0) is 4.74 Å². The molecule has 1 aliphatic rings. The molecule has 3 rings (SSSR count). The van der Waals surface area contributed by atoms with E-state index in [1.54, 1.807) is 19.1 Å². The third-order valence-electron chi connectivity index (χ3n) is 3.24. The van der Waals surface area contributed by atoms with Gasteiger partial charge in [0.2, 0.25) is 0 Å². The zero-order chi connectivity index (χ0) is 14.8. The maximum atomic E-state index is 11.6. The molecule has 1 atom stereocenters. The summed E-state index contributed by atoms with van der Waals surface area (Å²) in [7, 11) is 0. The first-order chi connectivity index (χ1) is 10.2. The molecule has 0 saturated carbocycles. The molecule has 5 nitrogen and oxygen atoms in total. The van der Waals surface area contributed by atoms with Crippen molar-refractivity contribution >= 4 is 11.7 Å². The van der Waals surface area contributed by atoms with Crippen LogP contribution in [0.15, 0.2) is 52.4 Å². The monoisotopic (exact) mass is 281 g/mol. The van der Waals surface area contributed by atoms with Crippen LogP contribution >= 0.6 is 0 Å². The lowest BCUT2D eigenvalue weighted by molar-refractivity contribution is 0.0526. The fourth-order valence-corrected chi connectivity index (χ4v) is 2.20. The molecule has 0 spiro atoms. The molecule has 5 heteroatoms. The van der Waals surface area contributed by atoms with Crippen molar-refractivity contribution in [2.45, 2.75) is 13.1 Å². The van der Waals surface area contributed by atoms with E-state index in [4.69, 9.17) is 10.5 Å². The Labute approximate surface area is 121 Å². The molecule has 0 aromatic heterocycles. The lowest BCUT2D eigenvalue weighted by Gasteiger charge is -2.06. The Morgan fingerprint density at radius 2 is 1.86 bits per heavy atom. The highest BCUT2D eigenvalue weighted by Crippen LogP contribution is 2.20. The fraction of sp³-hybridized carbons (Fsp3) is 0.188. The number of nitrogen functional groups attached to an aromatic ring is 1. The van der Waals surface area contributed by atoms with Crippen LogP contribution < -0.4 is 16.4 Å². The summed E-state index contributed by atoms with van der Waals surface area (Å²) in [5.41, 5.74) is 7.87. The van der Waals surface area contributed by atoms with Gasteiger partial charge in [0.1, 0.15) is 0 Å². The van der Waals surface area contributed by atoms with Gasteiger partial charge in [-0.25, -0.2) is 4.79 Å². The molecule has 0 saturated heterocycles. The first kappa shape index (κ1) is 13.3. The number of carbonyl (C=O) groups excluding carboxylic acids is 1. The summed E-state index contributed by atoms with van der Waals surface area (Å²) >= 11 is 0. The Bertz CT molecular complexity index is 797. The summed E-state index contributed by atoms with van der Waals surface area (Å²) in [4.78, 5) is 20.7. The van der Waals surface area contributed by atoms with Gasteiger partial charge in [-0.05, 0) is 42.8 Å². The number of nitrogens with two attached hydrogens (primary N) is 1. The molecule has 2 N–H and O–H groups in total. The van der Waals surface area contributed by atoms with Gasteiger partial charge in [-0.1, -0.05) is 12.1 Å². The first-order valence-corrected chi connectivity index (χ1v) is 6.75. The summed E-state index contributed by atoms with van der Waals surface area (Å²) < 4.78 is 4.96. The lowest BCUT2D eigenvalue weighted by Crippen LogP contribution is -2.21. The Kier molecular flexibility index (Phi) is 3.39. The zero-order valence-electron chi connectivity index (χ0n) is 11.6. The van der Waals surface area contributed by atoms with Gasteiger partial charge in [0.25, 0.3) is 0 Å². The lowest BCUT2D eigenvalue weighted by atomic mass is 10.1. The third kappa shape index (κ3) is 2.63. The normalized spacial score (nSPS) is 15.8. The van der Waals surface area contributed by atoms with E-state index in [0.717, 1.165) is 16.3 Å². The van der Waals surface area contributed by atoms with Crippen molar-refractivity contribution in [3.63, 3.8) is 0 Å². The number of fused-ring (bicyclic) bond motifs is 1. The van der Waals surface area contributed by atoms with Gasteiger partial charge < -0.3 is 10.5 Å². The van der Waals surface area contributed by atoms with E-state index in [-0.39, 0.29) is 12.1 Å². The molecule has 21 heavy (non-hydrogen) atoms. The van der Waals surface area contributed by atoms with Gasteiger partial charge >= 0.3 is 5.97 Å². The second kappa shape index (κ2) is 5.36. The average molecular weight is 281 g/mol. The minimum absolute atomic E-state index is 0.280. The number of rotatable bonds is 3. The number of anilines is 1. The smallest absolute Gasteiger partial charge is 0.338 e. The molecule has 106 valence electrons. The maximum Gasteiger partial charge on any atom is 0.338 e. The first-order valence-electron chi connectivity index (χ1n) is 6.75. The largest absolute Gasteiger partial charge is 0.462 e. The van der Waals surface area contributed by atoms with E-state index < -0.39 is 0 Å². The van der Waals surface area contributed by atoms with E-state index in [2.05, 4.69) is 9.98 Å². The quantitative estimate of drug-likeness (QED) is 0.682. The third-order valence-corrected chi connectivity index (χ3v) is 3.24. The molecule has 2 aromatic carbocycles. The van der Waals surface area contributed by atoms with E-state index in [1.165, 1.54) is 0 Å². The van der Waals surface area contributed by atoms with Gasteiger partial charge in [0.05, 0.1) is 22.9 Å². The second-order valence-corrected chi connectivity index (χ2v) is 4.72. The van der Waals surface area contributed by atoms with Gasteiger partial charge in [0, 0.05) is 5.69 Å². The van der Waals surface area contributed by atoms with Crippen molar-refractivity contribution < 1.29 is 9.53 Å². The molecule has 0 radical (unpaired) electrons. The van der Waals surface area contributed by atoms with Crippen molar-refractivity contribution in [2.24, 2.45) is 9.98 Å². The number of carbonyl (C=O) groups is 1. The standard InChI is InChI=1S/C16H15N3O2/c1-2-21-16(20)11-5-3-10(4-6-11)15-18-13-8-7-12(17)9-14(13)19-15/h3-9,15H,2,17H2,1H3/t15-/m0/s1. The van der Waals surface area contributed by atoms with Crippen LogP contribution in [0.25, 0.3) is 0 Å². The molecule has 1 heterocycles. The van der Waals surface area contributed by atoms with Crippen LogP contribution in [0.1, 0.15) is 29.0 Å². The Balaban J connectivity index is 1.88. The SMILES string of the molecule is CCOC(=O)c1ccc([C@H]2N=c3ccc(N)cc3=N2)cc1. The summed E-state index contributed by atoms with van der Waals surface area (Å²) in [6.45, 7) is 2.15. The van der Waals surface area contributed by atoms with Gasteiger partial charge in [-0.15, -0.1) is 0 Å². The number of nitrogens with zero attached hydrogens (tertiary/aromatic N) is 2. The molecule has 0 unspecified atom stereocenters. The second-order valence-electron chi connectivity index (χ2n) is 4.72. The number of esters is 1. The van der Waals surface area contributed by atoms with Crippen molar-refractivity contribution in [1.82, 2.24) is 0 Å². The van der Waals surface area contributed by atoms with Crippen molar-refractivity contribution in [3.8, 4) is 0 Å². The van der Waals surface area contributed by atoms with Crippen LogP contribution in [0.5, 0.6) is 0 Å². The summed E-state index contributed by atoms with van der Waals surface area (Å²) in [6.07, 6.45) is -0.280. The van der Waals surface area contributed by atoms with Crippen LogP contribution in [0.2, 0.25) is 0 Å². The van der Waals surface area contributed by atoms with Crippen molar-refractivity contribution in [2.75, 3.05) is 12.3 Å². The van der Waals surface area contributed by atoms with Crippen molar-refractivity contribution in [3.05, 3.63) is 64.3 Å². The minimum atomic E-state index is -0.319. The number of benzene rings is 2. The van der Waals surface area contributed by atoms with Gasteiger partial charge in [-0.3, -0.25) is 9.98 Å². The summed E-state index contributed by atoms with van der Waals surface area (Å²) in [6, 6.07) is 12.6. The zero-order valence-corrected chi connectivity index (χ0v) is 11.6. The summed E-state index contributed by atoms with van der Waals surface area (Å²) in [5, 5.41) is 1.64. The van der Waals surface area contributed by atoms with E-state index in [9.17, 15) is 4.79 Å². The maximum absolute atomic E-state index is 11.6. The number of hydrogen-bond acceptors (Lipinski definition) is 5. The average Bonchev–Trinajstić information content (AvgIpc) is 2.90. The number of hydrogen-bond donors (Lipinski definition) is 1. The van der Waals surface area contributed by atoms with Crippen LogP contribution in [-0.4, -0.2) is 12.6 Å². The van der Waals surface area contributed by atoms with E-state index in [0.29, 0.717) is 17.9 Å². The van der Waals surface area contributed by atoms with Crippen LogP contribution in [0, 0.1) is 0 Å². The fourth-order valence-electron chi connectivity index (χ4n) is 2.20. The molecule has 0 fully saturated rings. The van der Waals surface area contributed by atoms with Gasteiger partial charge in [0.15, 0.2) is 6.17 Å². The Hall–Kier alpha value is -2.69. The summed E-state index contributed by atoms with van der Waals surface area (Å²) in [5.74, 6) is -0.319. The highest BCUT2D eigenvalue weighted by atomic mass is 16.5. The van der Waals surface area contributed by atoms with Crippen LogP contribution in [0.3, 0.4) is 0 Å².